The van der Waals surface area contributed by atoms with E-state index in [9.17, 15) is 13.9 Å². The van der Waals surface area contributed by atoms with Crippen molar-refractivity contribution >= 4 is 0 Å². The second kappa shape index (κ2) is 6.99. The summed E-state index contributed by atoms with van der Waals surface area (Å²) in [5.74, 6) is -1.03. The number of hydrogen-bond acceptors (Lipinski definition) is 1. The molecule has 108 valence electrons. The second-order valence-electron chi connectivity index (χ2n) is 5.30. The molecule has 0 bridgehead atoms. The topological polar surface area (TPSA) is 20.2 Å². The van der Waals surface area contributed by atoms with Crippen molar-refractivity contribution in [2.75, 3.05) is 0 Å². The predicted molar refractivity (Wildman–Crippen MR) is 74.4 cm³/mol. The lowest BCUT2D eigenvalue weighted by atomic mass is 9.81. The summed E-state index contributed by atoms with van der Waals surface area (Å²) >= 11 is 0. The molecule has 1 N–H and O–H groups in total. The first-order valence-electron chi connectivity index (χ1n) is 7.03. The van der Waals surface area contributed by atoms with Crippen molar-refractivity contribution in [3.8, 4) is 0 Å². The largest absolute Gasteiger partial charge is 0.385 e. The van der Waals surface area contributed by atoms with Crippen LogP contribution in [0.4, 0.5) is 8.78 Å². The third kappa shape index (κ3) is 4.00. The molecule has 0 saturated carbocycles. The molecular formula is C16H24F2O. The average molecular weight is 270 g/mol. The number of halogens is 2. The maximum absolute atomic E-state index is 13.0. The summed E-state index contributed by atoms with van der Waals surface area (Å²) in [5, 5.41) is 10.4. The van der Waals surface area contributed by atoms with E-state index in [-0.39, 0.29) is 6.42 Å². The van der Waals surface area contributed by atoms with Gasteiger partial charge in [0.25, 0.3) is 0 Å². The molecular weight excluding hydrogens is 246 g/mol. The second-order valence-corrected chi connectivity index (χ2v) is 5.30. The van der Waals surface area contributed by atoms with Crippen LogP contribution in [0.15, 0.2) is 24.3 Å². The first-order chi connectivity index (χ1) is 8.93. The van der Waals surface area contributed by atoms with Crippen LogP contribution in [0.25, 0.3) is 0 Å². The van der Waals surface area contributed by atoms with Gasteiger partial charge in [0.1, 0.15) is 0 Å². The molecule has 3 heteroatoms. The van der Waals surface area contributed by atoms with Gasteiger partial charge >= 0.3 is 0 Å². The Labute approximate surface area is 114 Å². The fourth-order valence-electron chi connectivity index (χ4n) is 2.42. The van der Waals surface area contributed by atoms with Gasteiger partial charge in [0, 0.05) is 0 Å². The van der Waals surface area contributed by atoms with Gasteiger partial charge in [-0.3, -0.25) is 0 Å². The molecule has 0 radical (unpaired) electrons. The number of alkyl halides is 2. The van der Waals surface area contributed by atoms with Crippen molar-refractivity contribution in [3.63, 3.8) is 0 Å². The molecule has 19 heavy (non-hydrogen) atoms. The standard InChI is InChI=1S/C16H24F2O/c1-4-6-7-12-8-10-13(11-9-12)16(3,19)14(5-2)15(17)18/h8-11,14-15,19H,4-7H2,1-3H3. The van der Waals surface area contributed by atoms with E-state index in [1.54, 1.807) is 19.1 Å². The fraction of sp³-hybridized carbons (Fsp3) is 0.625. The molecule has 2 atom stereocenters. The Morgan fingerprint density at radius 1 is 1.16 bits per heavy atom. The number of aryl methyl sites for hydroxylation is 1. The van der Waals surface area contributed by atoms with Crippen LogP contribution >= 0.6 is 0 Å². The Morgan fingerprint density at radius 3 is 2.16 bits per heavy atom. The van der Waals surface area contributed by atoms with Gasteiger partial charge in [-0.05, 0) is 37.3 Å². The molecule has 1 nitrogen and oxygen atoms in total. The first-order valence-corrected chi connectivity index (χ1v) is 7.03. The van der Waals surface area contributed by atoms with E-state index in [2.05, 4.69) is 6.92 Å². The van der Waals surface area contributed by atoms with Crippen molar-refractivity contribution in [1.82, 2.24) is 0 Å². The van der Waals surface area contributed by atoms with E-state index in [4.69, 9.17) is 0 Å². The number of aliphatic hydroxyl groups is 1. The van der Waals surface area contributed by atoms with Gasteiger partial charge in [-0.1, -0.05) is 44.5 Å². The smallest absolute Gasteiger partial charge is 0.244 e. The van der Waals surface area contributed by atoms with Crippen LogP contribution in [0.1, 0.15) is 51.2 Å². The molecule has 0 amide bonds. The fourth-order valence-corrected chi connectivity index (χ4v) is 2.42. The average Bonchev–Trinajstić information content (AvgIpc) is 2.36. The van der Waals surface area contributed by atoms with Crippen molar-refractivity contribution in [3.05, 3.63) is 35.4 Å². The summed E-state index contributed by atoms with van der Waals surface area (Å²) in [4.78, 5) is 0. The van der Waals surface area contributed by atoms with E-state index >= 15 is 0 Å². The van der Waals surface area contributed by atoms with E-state index < -0.39 is 17.9 Å². The number of hydrogen-bond donors (Lipinski definition) is 1. The minimum absolute atomic E-state index is 0.252. The zero-order valence-electron chi connectivity index (χ0n) is 12.0. The minimum atomic E-state index is -2.51. The lowest BCUT2D eigenvalue weighted by molar-refractivity contribution is -0.0798. The first kappa shape index (κ1) is 16.1. The van der Waals surface area contributed by atoms with Gasteiger partial charge in [-0.2, -0.15) is 0 Å². The van der Waals surface area contributed by atoms with Gasteiger partial charge < -0.3 is 5.11 Å². The molecule has 0 aliphatic carbocycles. The predicted octanol–water partition coefficient (Wildman–Crippen LogP) is 4.53. The molecule has 0 saturated heterocycles. The molecule has 0 aromatic heterocycles. The molecule has 0 aliphatic heterocycles. The van der Waals surface area contributed by atoms with Crippen LogP contribution in [-0.2, 0) is 12.0 Å². The molecule has 2 unspecified atom stereocenters. The van der Waals surface area contributed by atoms with E-state index in [0.29, 0.717) is 5.56 Å². The van der Waals surface area contributed by atoms with Crippen LogP contribution in [0.3, 0.4) is 0 Å². The van der Waals surface area contributed by atoms with Crippen molar-refractivity contribution < 1.29 is 13.9 Å². The summed E-state index contributed by atoms with van der Waals surface area (Å²) in [6, 6.07) is 7.40. The third-order valence-electron chi connectivity index (χ3n) is 3.82. The highest BCUT2D eigenvalue weighted by molar-refractivity contribution is 5.27. The van der Waals surface area contributed by atoms with Gasteiger partial charge in [-0.15, -0.1) is 0 Å². The maximum Gasteiger partial charge on any atom is 0.244 e. The van der Waals surface area contributed by atoms with Crippen LogP contribution in [0, 0.1) is 5.92 Å². The highest BCUT2D eigenvalue weighted by Gasteiger charge is 2.38. The highest BCUT2D eigenvalue weighted by atomic mass is 19.3. The molecule has 1 rings (SSSR count). The van der Waals surface area contributed by atoms with Gasteiger partial charge in [0.15, 0.2) is 0 Å². The third-order valence-corrected chi connectivity index (χ3v) is 3.82. The summed E-state index contributed by atoms with van der Waals surface area (Å²) in [6.45, 7) is 5.29. The van der Waals surface area contributed by atoms with Gasteiger partial charge in [0.2, 0.25) is 6.43 Å². The SMILES string of the molecule is CCCCc1ccc(C(C)(O)C(CC)C(F)F)cc1. The molecule has 0 aliphatic rings. The van der Waals surface area contributed by atoms with E-state index in [1.807, 2.05) is 12.1 Å². The van der Waals surface area contributed by atoms with Crippen LogP contribution in [0.5, 0.6) is 0 Å². The van der Waals surface area contributed by atoms with Crippen molar-refractivity contribution in [2.45, 2.75) is 58.5 Å². The Balaban J connectivity index is 2.89. The van der Waals surface area contributed by atoms with Crippen LogP contribution in [-0.4, -0.2) is 11.5 Å². The van der Waals surface area contributed by atoms with E-state index in [0.717, 1.165) is 19.3 Å². The zero-order chi connectivity index (χ0) is 14.5. The number of rotatable bonds is 7. The quantitative estimate of drug-likeness (QED) is 0.772. The Morgan fingerprint density at radius 2 is 1.74 bits per heavy atom. The maximum atomic E-state index is 13.0. The van der Waals surface area contributed by atoms with Crippen LogP contribution < -0.4 is 0 Å². The lowest BCUT2D eigenvalue weighted by Gasteiger charge is -2.32. The normalized spacial score (nSPS) is 16.4. The summed E-state index contributed by atoms with van der Waals surface area (Å²) in [7, 11) is 0. The van der Waals surface area contributed by atoms with Crippen molar-refractivity contribution in [1.29, 1.82) is 0 Å². The van der Waals surface area contributed by atoms with Crippen molar-refractivity contribution in [2.24, 2.45) is 5.92 Å². The Hall–Kier alpha value is -0.960. The van der Waals surface area contributed by atoms with Gasteiger partial charge in [-0.25, -0.2) is 8.78 Å². The molecule has 0 heterocycles. The van der Waals surface area contributed by atoms with E-state index in [1.165, 1.54) is 12.5 Å². The molecule has 0 spiro atoms. The Kier molecular flexibility index (Phi) is 5.92. The van der Waals surface area contributed by atoms with Crippen LogP contribution in [0.2, 0.25) is 0 Å². The highest BCUT2D eigenvalue weighted by Crippen LogP contribution is 2.35. The number of benzene rings is 1. The zero-order valence-corrected chi connectivity index (χ0v) is 12.0. The molecule has 1 aromatic rings. The molecule has 1 aromatic carbocycles. The Bertz CT molecular complexity index is 371. The monoisotopic (exact) mass is 270 g/mol. The lowest BCUT2D eigenvalue weighted by Crippen LogP contribution is -2.36. The molecule has 0 fully saturated rings. The van der Waals surface area contributed by atoms with Gasteiger partial charge in [0.05, 0.1) is 11.5 Å². The summed E-state index contributed by atoms with van der Waals surface area (Å²) in [6.07, 6.45) is 0.972. The summed E-state index contributed by atoms with van der Waals surface area (Å²) in [5.41, 5.74) is 0.276. The number of unbranched alkanes of at least 4 members (excludes halogenated alkanes) is 1. The summed E-state index contributed by atoms with van der Waals surface area (Å²) < 4.78 is 25.9. The minimum Gasteiger partial charge on any atom is -0.385 e.